The Labute approximate surface area is 108 Å². The second kappa shape index (κ2) is 7.48. The molecular formula is C14H20N2O2. The van der Waals surface area contributed by atoms with E-state index in [1.807, 2.05) is 0 Å². The molecule has 0 bridgehead atoms. The first-order valence-corrected chi connectivity index (χ1v) is 6.29. The molecule has 98 valence electrons. The van der Waals surface area contributed by atoms with E-state index in [9.17, 15) is 9.59 Å². The zero-order chi connectivity index (χ0) is 13.4. The molecule has 0 fully saturated rings. The van der Waals surface area contributed by atoms with Crippen molar-refractivity contribution in [2.45, 2.75) is 39.0 Å². The van der Waals surface area contributed by atoms with Gasteiger partial charge in [-0.05, 0) is 24.1 Å². The highest BCUT2D eigenvalue weighted by Gasteiger charge is 2.03. The minimum absolute atomic E-state index is 0.0334. The summed E-state index contributed by atoms with van der Waals surface area (Å²) < 4.78 is 0. The van der Waals surface area contributed by atoms with Gasteiger partial charge in [-0.3, -0.25) is 9.59 Å². The van der Waals surface area contributed by atoms with Gasteiger partial charge in [0.15, 0.2) is 0 Å². The van der Waals surface area contributed by atoms with Gasteiger partial charge in [-0.2, -0.15) is 0 Å². The van der Waals surface area contributed by atoms with Crippen molar-refractivity contribution in [3.8, 4) is 0 Å². The van der Waals surface area contributed by atoms with Crippen molar-refractivity contribution in [1.82, 2.24) is 0 Å². The number of hydrogen-bond acceptors (Lipinski definition) is 2. The topological polar surface area (TPSA) is 72.2 Å². The minimum atomic E-state index is -0.355. The fraction of sp³-hybridized carbons (Fsp3) is 0.429. The highest BCUT2D eigenvalue weighted by atomic mass is 16.1. The van der Waals surface area contributed by atoms with E-state index in [4.69, 9.17) is 5.73 Å². The van der Waals surface area contributed by atoms with Crippen LogP contribution in [0.4, 0.5) is 5.69 Å². The summed E-state index contributed by atoms with van der Waals surface area (Å²) in [6, 6.07) is 7.17. The molecule has 3 N–H and O–H groups in total. The van der Waals surface area contributed by atoms with E-state index < -0.39 is 0 Å². The van der Waals surface area contributed by atoms with Crippen LogP contribution in [0.5, 0.6) is 0 Å². The molecule has 0 heterocycles. The maximum atomic E-state index is 11.6. The highest BCUT2D eigenvalue weighted by molar-refractivity contribution is 5.90. The summed E-state index contributed by atoms with van der Waals surface area (Å²) in [4.78, 5) is 22.3. The van der Waals surface area contributed by atoms with Gasteiger partial charge < -0.3 is 11.1 Å². The quantitative estimate of drug-likeness (QED) is 0.726. The second-order valence-corrected chi connectivity index (χ2v) is 4.35. The summed E-state index contributed by atoms with van der Waals surface area (Å²) in [7, 11) is 0. The Bertz CT molecular complexity index is 399. The Morgan fingerprint density at radius 2 is 1.83 bits per heavy atom. The van der Waals surface area contributed by atoms with Crippen molar-refractivity contribution in [1.29, 1.82) is 0 Å². The van der Waals surface area contributed by atoms with E-state index in [-0.39, 0.29) is 18.2 Å². The summed E-state index contributed by atoms with van der Waals surface area (Å²) in [5.41, 5.74) is 6.71. The molecule has 0 aliphatic carbocycles. The third kappa shape index (κ3) is 5.48. The number of amides is 2. The van der Waals surface area contributed by atoms with Gasteiger partial charge in [0.1, 0.15) is 0 Å². The molecule has 0 radical (unpaired) electrons. The van der Waals surface area contributed by atoms with E-state index in [1.54, 1.807) is 24.3 Å². The van der Waals surface area contributed by atoms with Gasteiger partial charge in [0.2, 0.25) is 11.8 Å². The first kappa shape index (κ1) is 14.2. The molecule has 4 heteroatoms. The first-order valence-electron chi connectivity index (χ1n) is 6.29. The number of primary amides is 1. The molecule has 0 atom stereocenters. The SMILES string of the molecule is CCCCCC(=O)Nc1ccc(CC(N)=O)cc1. The van der Waals surface area contributed by atoms with Crippen LogP contribution in [-0.4, -0.2) is 11.8 Å². The van der Waals surface area contributed by atoms with Crippen molar-refractivity contribution in [3.63, 3.8) is 0 Å². The number of carbonyl (C=O) groups is 2. The largest absolute Gasteiger partial charge is 0.369 e. The van der Waals surface area contributed by atoms with Crippen LogP contribution in [0, 0.1) is 0 Å². The summed E-state index contributed by atoms with van der Waals surface area (Å²) in [6.07, 6.45) is 3.88. The third-order valence-electron chi connectivity index (χ3n) is 2.62. The Kier molecular flexibility index (Phi) is 5.91. The molecular weight excluding hydrogens is 228 g/mol. The van der Waals surface area contributed by atoms with Gasteiger partial charge in [0.25, 0.3) is 0 Å². The molecule has 0 aliphatic heterocycles. The molecule has 1 aromatic rings. The van der Waals surface area contributed by atoms with Gasteiger partial charge in [0, 0.05) is 12.1 Å². The van der Waals surface area contributed by atoms with Gasteiger partial charge in [-0.1, -0.05) is 31.9 Å². The van der Waals surface area contributed by atoms with Crippen LogP contribution < -0.4 is 11.1 Å². The molecule has 0 aliphatic rings. The van der Waals surface area contributed by atoms with Crippen LogP contribution in [0.2, 0.25) is 0 Å². The summed E-state index contributed by atoms with van der Waals surface area (Å²) >= 11 is 0. The van der Waals surface area contributed by atoms with Crippen LogP contribution in [0.3, 0.4) is 0 Å². The molecule has 0 saturated carbocycles. The fourth-order valence-electron chi connectivity index (χ4n) is 1.67. The Morgan fingerprint density at radius 1 is 1.17 bits per heavy atom. The lowest BCUT2D eigenvalue weighted by molar-refractivity contribution is -0.117. The number of nitrogens with two attached hydrogens (primary N) is 1. The molecule has 1 aromatic carbocycles. The number of nitrogens with one attached hydrogen (secondary N) is 1. The smallest absolute Gasteiger partial charge is 0.224 e. The van der Waals surface area contributed by atoms with Gasteiger partial charge in [-0.25, -0.2) is 0 Å². The van der Waals surface area contributed by atoms with E-state index in [0.717, 1.165) is 30.5 Å². The van der Waals surface area contributed by atoms with E-state index >= 15 is 0 Å². The number of carbonyl (C=O) groups excluding carboxylic acids is 2. The van der Waals surface area contributed by atoms with Gasteiger partial charge in [-0.15, -0.1) is 0 Å². The molecule has 1 rings (SSSR count). The normalized spacial score (nSPS) is 10.1. The number of unbranched alkanes of at least 4 members (excludes halogenated alkanes) is 2. The average molecular weight is 248 g/mol. The molecule has 18 heavy (non-hydrogen) atoms. The molecule has 2 amide bonds. The van der Waals surface area contributed by atoms with Crippen molar-refractivity contribution >= 4 is 17.5 Å². The van der Waals surface area contributed by atoms with Gasteiger partial charge in [0.05, 0.1) is 6.42 Å². The number of hydrogen-bond donors (Lipinski definition) is 2. The monoisotopic (exact) mass is 248 g/mol. The third-order valence-corrected chi connectivity index (χ3v) is 2.62. The van der Waals surface area contributed by atoms with Crippen molar-refractivity contribution in [2.75, 3.05) is 5.32 Å². The predicted octanol–water partition coefficient (Wildman–Crippen LogP) is 2.23. The fourth-order valence-corrected chi connectivity index (χ4v) is 1.67. The lowest BCUT2D eigenvalue weighted by Crippen LogP contribution is -2.14. The Morgan fingerprint density at radius 3 is 2.39 bits per heavy atom. The average Bonchev–Trinajstić information content (AvgIpc) is 2.31. The lowest BCUT2D eigenvalue weighted by atomic mass is 10.1. The van der Waals surface area contributed by atoms with E-state index in [1.165, 1.54) is 0 Å². The van der Waals surface area contributed by atoms with Gasteiger partial charge >= 0.3 is 0 Å². The van der Waals surface area contributed by atoms with Crippen molar-refractivity contribution in [2.24, 2.45) is 5.73 Å². The summed E-state index contributed by atoms with van der Waals surface area (Å²) in [6.45, 7) is 2.11. The van der Waals surface area contributed by atoms with Crippen molar-refractivity contribution < 1.29 is 9.59 Å². The zero-order valence-corrected chi connectivity index (χ0v) is 10.7. The summed E-state index contributed by atoms with van der Waals surface area (Å²) in [5, 5.41) is 2.83. The predicted molar refractivity (Wildman–Crippen MR) is 72.1 cm³/mol. The first-order chi connectivity index (χ1) is 8.61. The number of anilines is 1. The maximum Gasteiger partial charge on any atom is 0.224 e. The van der Waals surface area contributed by atoms with Crippen LogP contribution in [0.25, 0.3) is 0 Å². The van der Waals surface area contributed by atoms with Crippen LogP contribution in [-0.2, 0) is 16.0 Å². The minimum Gasteiger partial charge on any atom is -0.369 e. The summed E-state index contributed by atoms with van der Waals surface area (Å²) in [5.74, 6) is -0.322. The standard InChI is InChI=1S/C14H20N2O2/c1-2-3-4-5-14(18)16-12-8-6-11(7-9-12)10-13(15)17/h6-9H,2-5,10H2,1H3,(H2,15,17)(H,16,18). The number of rotatable bonds is 7. The highest BCUT2D eigenvalue weighted by Crippen LogP contribution is 2.11. The van der Waals surface area contributed by atoms with E-state index in [0.29, 0.717) is 6.42 Å². The molecule has 4 nitrogen and oxygen atoms in total. The Hall–Kier alpha value is -1.84. The second-order valence-electron chi connectivity index (χ2n) is 4.35. The molecule has 0 aromatic heterocycles. The van der Waals surface area contributed by atoms with Crippen molar-refractivity contribution in [3.05, 3.63) is 29.8 Å². The zero-order valence-electron chi connectivity index (χ0n) is 10.7. The molecule has 0 spiro atoms. The lowest BCUT2D eigenvalue weighted by Gasteiger charge is -2.05. The Balaban J connectivity index is 2.43. The number of benzene rings is 1. The van der Waals surface area contributed by atoms with E-state index in [2.05, 4.69) is 12.2 Å². The van der Waals surface area contributed by atoms with Crippen LogP contribution in [0.15, 0.2) is 24.3 Å². The van der Waals surface area contributed by atoms with Crippen LogP contribution in [0.1, 0.15) is 38.2 Å². The van der Waals surface area contributed by atoms with Crippen LogP contribution >= 0.6 is 0 Å². The molecule has 0 unspecified atom stereocenters. The maximum absolute atomic E-state index is 11.6. The molecule has 0 saturated heterocycles.